The van der Waals surface area contributed by atoms with Crippen LogP contribution in [0.25, 0.3) is 0 Å². The number of carbonyl (C=O) groups is 1. The molecule has 0 unspecified atom stereocenters. The van der Waals surface area contributed by atoms with Gasteiger partial charge in [0.25, 0.3) is 5.91 Å². The molecule has 0 bridgehead atoms. The van der Waals surface area contributed by atoms with Crippen LogP contribution in [0.2, 0.25) is 0 Å². The second kappa shape index (κ2) is 8.24. The van der Waals surface area contributed by atoms with Gasteiger partial charge in [0.1, 0.15) is 0 Å². The molecule has 0 radical (unpaired) electrons. The molecule has 0 saturated carbocycles. The molecule has 0 spiro atoms. The Hall–Kier alpha value is -1.11. The largest absolute Gasteiger partial charge is 0.352 e. The molecule has 0 atom stereocenters. The Balaban J connectivity index is 0.00000200. The lowest BCUT2D eigenvalue weighted by Gasteiger charge is -2.31. The molecule has 114 valence electrons. The lowest BCUT2D eigenvalue weighted by Crippen LogP contribution is -2.40. The number of rotatable bonds is 5. The second-order valence-electron chi connectivity index (χ2n) is 5.19. The topological polar surface area (TPSA) is 76.2 Å². The van der Waals surface area contributed by atoms with E-state index in [1.165, 1.54) is 0 Å². The number of nitrogens with zero attached hydrogens (tertiary/aromatic N) is 3. The Bertz CT molecular complexity index is 415. The first-order valence-corrected chi connectivity index (χ1v) is 6.88. The highest BCUT2D eigenvalue weighted by Gasteiger charge is 2.19. The van der Waals surface area contributed by atoms with Crippen molar-refractivity contribution in [3.8, 4) is 0 Å². The third kappa shape index (κ3) is 4.77. The molecule has 1 saturated heterocycles. The number of carbonyl (C=O) groups excluding carboxylic acids is 1. The normalized spacial score (nSPS) is 16.7. The third-order valence-electron chi connectivity index (χ3n) is 3.67. The van der Waals surface area contributed by atoms with E-state index in [0.717, 1.165) is 45.6 Å². The summed E-state index contributed by atoms with van der Waals surface area (Å²) in [5.74, 6) is 0.548. The molecule has 1 aromatic heterocycles. The van der Waals surface area contributed by atoms with E-state index in [4.69, 9.17) is 5.73 Å². The van der Waals surface area contributed by atoms with E-state index >= 15 is 0 Å². The summed E-state index contributed by atoms with van der Waals surface area (Å²) in [6, 6.07) is 0. The maximum atomic E-state index is 11.9. The van der Waals surface area contributed by atoms with E-state index in [-0.39, 0.29) is 18.3 Å². The van der Waals surface area contributed by atoms with Crippen molar-refractivity contribution in [2.45, 2.75) is 12.8 Å². The van der Waals surface area contributed by atoms with Crippen molar-refractivity contribution in [2.24, 2.45) is 18.7 Å². The highest BCUT2D eigenvalue weighted by molar-refractivity contribution is 5.93. The van der Waals surface area contributed by atoms with E-state index < -0.39 is 0 Å². The van der Waals surface area contributed by atoms with Crippen molar-refractivity contribution >= 4 is 18.3 Å². The quantitative estimate of drug-likeness (QED) is 0.817. The number of aromatic nitrogens is 2. The Morgan fingerprint density at radius 2 is 2.20 bits per heavy atom. The summed E-state index contributed by atoms with van der Waals surface area (Å²) in [5.41, 5.74) is 6.18. The fourth-order valence-corrected chi connectivity index (χ4v) is 2.47. The number of amides is 1. The summed E-state index contributed by atoms with van der Waals surface area (Å²) in [5, 5.41) is 6.99. The molecule has 1 aliphatic heterocycles. The van der Waals surface area contributed by atoms with E-state index in [9.17, 15) is 4.79 Å². The van der Waals surface area contributed by atoms with E-state index in [0.29, 0.717) is 11.5 Å². The van der Waals surface area contributed by atoms with Gasteiger partial charge in [-0.3, -0.25) is 9.48 Å². The molecule has 2 heterocycles. The molecule has 0 aromatic carbocycles. The van der Waals surface area contributed by atoms with E-state index in [1.54, 1.807) is 17.1 Å². The number of hydrogen-bond acceptors (Lipinski definition) is 4. The van der Waals surface area contributed by atoms with E-state index in [1.807, 2.05) is 7.05 Å². The highest BCUT2D eigenvalue weighted by atomic mass is 35.5. The Labute approximate surface area is 126 Å². The minimum atomic E-state index is -0.0301. The van der Waals surface area contributed by atoms with Crippen molar-refractivity contribution in [3.05, 3.63) is 18.0 Å². The summed E-state index contributed by atoms with van der Waals surface area (Å²) in [6.45, 7) is 4.64. The van der Waals surface area contributed by atoms with Crippen LogP contribution in [0.3, 0.4) is 0 Å². The van der Waals surface area contributed by atoms with Gasteiger partial charge in [-0.25, -0.2) is 0 Å². The van der Waals surface area contributed by atoms with Crippen LogP contribution in [-0.4, -0.2) is 53.3 Å². The summed E-state index contributed by atoms with van der Waals surface area (Å²) in [6.07, 6.45) is 5.60. The Morgan fingerprint density at radius 1 is 1.50 bits per heavy atom. The van der Waals surface area contributed by atoms with Gasteiger partial charge >= 0.3 is 0 Å². The van der Waals surface area contributed by atoms with Crippen LogP contribution < -0.4 is 11.1 Å². The van der Waals surface area contributed by atoms with Crippen molar-refractivity contribution in [3.63, 3.8) is 0 Å². The maximum absolute atomic E-state index is 11.9. The number of aryl methyl sites for hydroxylation is 1. The van der Waals surface area contributed by atoms with Gasteiger partial charge in [0, 0.05) is 32.9 Å². The predicted molar refractivity (Wildman–Crippen MR) is 81.0 cm³/mol. The molecule has 1 aromatic rings. The lowest BCUT2D eigenvalue weighted by atomic mass is 9.97. The van der Waals surface area contributed by atoms with Gasteiger partial charge in [0.05, 0.1) is 11.8 Å². The Kier molecular flexibility index (Phi) is 6.98. The van der Waals surface area contributed by atoms with E-state index in [2.05, 4.69) is 15.3 Å². The fourth-order valence-electron chi connectivity index (χ4n) is 2.47. The van der Waals surface area contributed by atoms with Crippen molar-refractivity contribution in [1.82, 2.24) is 20.0 Å². The Morgan fingerprint density at radius 3 is 2.75 bits per heavy atom. The number of likely N-dealkylation sites (tertiary alicyclic amines) is 1. The van der Waals surface area contributed by atoms with Crippen LogP contribution in [0.15, 0.2) is 12.4 Å². The van der Waals surface area contributed by atoms with Crippen molar-refractivity contribution < 1.29 is 4.79 Å². The second-order valence-corrected chi connectivity index (χ2v) is 5.19. The van der Waals surface area contributed by atoms with Crippen LogP contribution in [0.1, 0.15) is 23.2 Å². The zero-order valence-electron chi connectivity index (χ0n) is 11.9. The highest BCUT2D eigenvalue weighted by Crippen LogP contribution is 2.15. The summed E-state index contributed by atoms with van der Waals surface area (Å²) in [7, 11) is 1.81. The molecule has 6 nitrogen and oxygen atoms in total. The molecule has 1 amide bonds. The number of nitrogens with two attached hydrogens (primary N) is 1. The van der Waals surface area contributed by atoms with Crippen LogP contribution >= 0.6 is 12.4 Å². The number of hydrogen-bond donors (Lipinski definition) is 2. The van der Waals surface area contributed by atoms with Gasteiger partial charge in [-0.05, 0) is 31.8 Å². The van der Waals surface area contributed by atoms with Crippen LogP contribution in [0.5, 0.6) is 0 Å². The molecule has 3 N–H and O–H groups in total. The zero-order chi connectivity index (χ0) is 13.7. The van der Waals surface area contributed by atoms with Gasteiger partial charge < -0.3 is 16.0 Å². The van der Waals surface area contributed by atoms with Gasteiger partial charge in [-0.15, -0.1) is 12.4 Å². The minimum Gasteiger partial charge on any atom is -0.352 e. The number of nitrogens with one attached hydrogen (secondary N) is 1. The SMILES string of the molecule is Cl.Cn1cc(C(=O)NCC2CCN(CCN)CC2)cn1. The first-order valence-electron chi connectivity index (χ1n) is 6.88. The molecular formula is C13H24ClN5O. The molecule has 2 rings (SSSR count). The molecule has 7 heteroatoms. The van der Waals surface area contributed by atoms with Crippen molar-refractivity contribution in [1.29, 1.82) is 0 Å². The summed E-state index contributed by atoms with van der Waals surface area (Å²) in [4.78, 5) is 14.3. The predicted octanol–water partition coefficient (Wildman–Crippen LogP) is 0.242. The fraction of sp³-hybridized carbons (Fsp3) is 0.692. The van der Waals surface area contributed by atoms with Crippen LogP contribution in [0.4, 0.5) is 0 Å². The standard InChI is InChI=1S/C13H23N5O.ClH/c1-17-10-12(9-16-17)13(19)15-8-11-2-5-18(6-3-11)7-4-14;/h9-11H,2-8,14H2,1H3,(H,15,19);1H. The zero-order valence-corrected chi connectivity index (χ0v) is 12.7. The molecular weight excluding hydrogens is 278 g/mol. The van der Waals surface area contributed by atoms with Gasteiger partial charge in [-0.2, -0.15) is 5.10 Å². The average molecular weight is 302 g/mol. The smallest absolute Gasteiger partial charge is 0.254 e. The lowest BCUT2D eigenvalue weighted by molar-refractivity contribution is 0.0936. The number of halogens is 1. The molecule has 20 heavy (non-hydrogen) atoms. The first-order chi connectivity index (χ1) is 9.19. The minimum absolute atomic E-state index is 0. The monoisotopic (exact) mass is 301 g/mol. The molecule has 1 fully saturated rings. The van der Waals surface area contributed by atoms with Crippen LogP contribution in [-0.2, 0) is 7.05 Å². The van der Waals surface area contributed by atoms with Crippen LogP contribution in [0, 0.1) is 5.92 Å². The van der Waals surface area contributed by atoms with Crippen molar-refractivity contribution in [2.75, 3.05) is 32.7 Å². The first kappa shape index (κ1) is 16.9. The summed E-state index contributed by atoms with van der Waals surface area (Å²) < 4.78 is 1.64. The average Bonchev–Trinajstić information content (AvgIpc) is 2.85. The summed E-state index contributed by atoms with van der Waals surface area (Å²) >= 11 is 0. The maximum Gasteiger partial charge on any atom is 0.254 e. The molecule has 0 aliphatic carbocycles. The van der Waals surface area contributed by atoms with Gasteiger partial charge in [0.15, 0.2) is 0 Å². The third-order valence-corrected chi connectivity index (χ3v) is 3.67. The van der Waals surface area contributed by atoms with Gasteiger partial charge in [-0.1, -0.05) is 0 Å². The molecule has 1 aliphatic rings. The van der Waals surface area contributed by atoms with Gasteiger partial charge in [0.2, 0.25) is 0 Å². The number of piperidine rings is 1.